The van der Waals surface area contributed by atoms with Gasteiger partial charge in [-0.3, -0.25) is 4.90 Å². The van der Waals surface area contributed by atoms with Crippen LogP contribution in [0.4, 0.5) is 0 Å². The van der Waals surface area contributed by atoms with Gasteiger partial charge in [-0.15, -0.1) is 0 Å². The lowest BCUT2D eigenvalue weighted by molar-refractivity contribution is -0.0301. The maximum atomic E-state index is 9.70. The van der Waals surface area contributed by atoms with Crippen LogP contribution in [0.5, 0.6) is 0 Å². The van der Waals surface area contributed by atoms with Crippen LogP contribution in [0.15, 0.2) is 0 Å². The molecule has 3 unspecified atom stereocenters. The summed E-state index contributed by atoms with van der Waals surface area (Å²) in [6.45, 7) is 5.98. The summed E-state index contributed by atoms with van der Waals surface area (Å²) in [4.78, 5) is 2.41. The molecule has 2 rings (SSSR count). The molecule has 0 aliphatic carbocycles. The number of β-amino-alcohol motifs (C(OH)–C–C–N with tert-alkyl or cyclic N) is 1. The highest BCUT2D eigenvalue weighted by Gasteiger charge is 2.29. The summed E-state index contributed by atoms with van der Waals surface area (Å²) < 4.78 is 5.48. The fraction of sp³-hybridized carbons (Fsp3) is 1.00. The lowest BCUT2D eigenvalue weighted by Gasteiger charge is -2.40. The molecule has 0 spiro atoms. The van der Waals surface area contributed by atoms with Crippen molar-refractivity contribution in [1.29, 1.82) is 0 Å². The van der Waals surface area contributed by atoms with E-state index in [1.807, 2.05) is 0 Å². The van der Waals surface area contributed by atoms with E-state index in [0.29, 0.717) is 12.0 Å². The summed E-state index contributed by atoms with van der Waals surface area (Å²) >= 11 is 0. The van der Waals surface area contributed by atoms with Crippen molar-refractivity contribution in [2.24, 2.45) is 5.92 Å². The number of aliphatic hydroxyl groups excluding tert-OH is 1. The molecule has 2 aliphatic rings. The molecule has 82 valence electrons. The van der Waals surface area contributed by atoms with E-state index < -0.39 is 0 Å². The monoisotopic (exact) mass is 199 g/mol. The van der Waals surface area contributed by atoms with Gasteiger partial charge in [-0.05, 0) is 25.2 Å². The van der Waals surface area contributed by atoms with Gasteiger partial charge in [0.25, 0.3) is 0 Å². The molecule has 2 saturated heterocycles. The molecule has 0 amide bonds. The van der Waals surface area contributed by atoms with Crippen molar-refractivity contribution in [2.45, 2.75) is 38.3 Å². The van der Waals surface area contributed by atoms with E-state index in [9.17, 15) is 5.11 Å². The van der Waals surface area contributed by atoms with Crippen molar-refractivity contribution < 1.29 is 9.84 Å². The van der Waals surface area contributed by atoms with Crippen LogP contribution in [0, 0.1) is 5.92 Å². The van der Waals surface area contributed by atoms with Crippen molar-refractivity contribution >= 4 is 0 Å². The van der Waals surface area contributed by atoms with Crippen LogP contribution in [-0.2, 0) is 4.74 Å². The van der Waals surface area contributed by atoms with Crippen LogP contribution in [0.3, 0.4) is 0 Å². The first kappa shape index (κ1) is 10.4. The summed E-state index contributed by atoms with van der Waals surface area (Å²) in [7, 11) is 0. The second kappa shape index (κ2) is 4.60. The quantitative estimate of drug-likeness (QED) is 0.680. The Balaban J connectivity index is 1.88. The zero-order valence-corrected chi connectivity index (χ0v) is 8.98. The Morgan fingerprint density at radius 1 is 1.36 bits per heavy atom. The third kappa shape index (κ3) is 2.47. The van der Waals surface area contributed by atoms with E-state index >= 15 is 0 Å². The first-order chi connectivity index (χ1) is 6.75. The topological polar surface area (TPSA) is 32.7 Å². The number of aliphatic hydroxyl groups is 1. The highest BCUT2D eigenvalue weighted by Crippen LogP contribution is 2.22. The van der Waals surface area contributed by atoms with Gasteiger partial charge < -0.3 is 9.84 Å². The number of hydrogen-bond donors (Lipinski definition) is 1. The van der Waals surface area contributed by atoms with Crippen LogP contribution in [0.2, 0.25) is 0 Å². The molecule has 0 radical (unpaired) electrons. The van der Waals surface area contributed by atoms with Crippen LogP contribution >= 0.6 is 0 Å². The van der Waals surface area contributed by atoms with Gasteiger partial charge >= 0.3 is 0 Å². The lowest BCUT2D eigenvalue weighted by Crippen LogP contribution is -2.50. The summed E-state index contributed by atoms with van der Waals surface area (Å²) in [5.74, 6) is 0.626. The summed E-state index contributed by atoms with van der Waals surface area (Å²) in [6, 6.07) is 0.557. The maximum absolute atomic E-state index is 9.70. The maximum Gasteiger partial charge on any atom is 0.0670 e. The molecule has 3 heteroatoms. The minimum atomic E-state index is -0.124. The molecule has 3 atom stereocenters. The van der Waals surface area contributed by atoms with Gasteiger partial charge in [-0.2, -0.15) is 0 Å². The highest BCUT2D eigenvalue weighted by atomic mass is 16.5. The second-order valence-corrected chi connectivity index (χ2v) is 4.82. The van der Waals surface area contributed by atoms with Gasteiger partial charge in [-0.1, -0.05) is 6.92 Å². The predicted molar refractivity (Wildman–Crippen MR) is 55.2 cm³/mol. The fourth-order valence-corrected chi connectivity index (χ4v) is 2.67. The Morgan fingerprint density at radius 3 is 2.86 bits per heavy atom. The Morgan fingerprint density at radius 2 is 2.21 bits per heavy atom. The summed E-state index contributed by atoms with van der Waals surface area (Å²) in [5.41, 5.74) is 0. The highest BCUT2D eigenvalue weighted by molar-refractivity contribution is 4.82. The number of rotatable bonds is 1. The van der Waals surface area contributed by atoms with Crippen molar-refractivity contribution in [1.82, 2.24) is 4.90 Å². The number of hydrogen-bond acceptors (Lipinski definition) is 3. The molecule has 0 bridgehead atoms. The average molecular weight is 199 g/mol. The molecule has 14 heavy (non-hydrogen) atoms. The first-order valence-corrected chi connectivity index (χ1v) is 5.75. The SMILES string of the molecule is CC1CC(O)CN(C2CCCOC2)C1. The predicted octanol–water partition coefficient (Wildman–Crippen LogP) is 0.868. The van der Waals surface area contributed by atoms with Crippen LogP contribution in [-0.4, -0.2) is 48.5 Å². The average Bonchev–Trinajstić information content (AvgIpc) is 2.18. The van der Waals surface area contributed by atoms with E-state index in [-0.39, 0.29) is 6.10 Å². The van der Waals surface area contributed by atoms with Gasteiger partial charge in [0.2, 0.25) is 0 Å². The minimum Gasteiger partial charge on any atom is -0.392 e. The first-order valence-electron chi connectivity index (χ1n) is 5.75. The Bertz CT molecular complexity index is 170. The third-order valence-electron chi connectivity index (χ3n) is 3.32. The molecule has 1 N–H and O–H groups in total. The third-order valence-corrected chi connectivity index (χ3v) is 3.32. The van der Waals surface area contributed by atoms with Gasteiger partial charge in [0.15, 0.2) is 0 Å². The summed E-state index contributed by atoms with van der Waals surface area (Å²) in [5, 5.41) is 9.70. The fourth-order valence-electron chi connectivity index (χ4n) is 2.67. The van der Waals surface area contributed by atoms with E-state index in [0.717, 1.165) is 32.7 Å². The lowest BCUT2D eigenvalue weighted by atomic mass is 9.95. The molecule has 0 aromatic rings. The Labute approximate surface area is 86.0 Å². The van der Waals surface area contributed by atoms with Crippen molar-refractivity contribution in [2.75, 3.05) is 26.3 Å². The largest absolute Gasteiger partial charge is 0.392 e. The normalized spacial score (nSPS) is 41.1. The van der Waals surface area contributed by atoms with Crippen LogP contribution < -0.4 is 0 Å². The molecule has 2 fully saturated rings. The van der Waals surface area contributed by atoms with E-state index in [2.05, 4.69) is 11.8 Å². The van der Waals surface area contributed by atoms with E-state index in [1.54, 1.807) is 0 Å². The smallest absolute Gasteiger partial charge is 0.0670 e. The molecule has 0 saturated carbocycles. The number of ether oxygens (including phenoxy) is 1. The number of nitrogens with zero attached hydrogens (tertiary/aromatic N) is 1. The zero-order valence-electron chi connectivity index (χ0n) is 8.98. The van der Waals surface area contributed by atoms with Gasteiger partial charge in [0.1, 0.15) is 0 Å². The molecular weight excluding hydrogens is 178 g/mol. The molecule has 0 aromatic heterocycles. The Hall–Kier alpha value is -0.120. The van der Waals surface area contributed by atoms with Crippen molar-refractivity contribution in [3.8, 4) is 0 Å². The molecule has 0 aromatic carbocycles. The molecular formula is C11H21NO2. The Kier molecular flexibility index (Phi) is 3.42. The zero-order chi connectivity index (χ0) is 9.97. The van der Waals surface area contributed by atoms with Gasteiger partial charge in [0.05, 0.1) is 12.7 Å². The standard InChI is InChI=1S/C11H21NO2/c1-9-5-11(13)7-12(6-9)10-3-2-4-14-8-10/h9-11,13H,2-8H2,1H3. The van der Waals surface area contributed by atoms with Crippen molar-refractivity contribution in [3.05, 3.63) is 0 Å². The van der Waals surface area contributed by atoms with Gasteiger partial charge in [0, 0.05) is 25.7 Å². The summed E-state index contributed by atoms with van der Waals surface area (Å²) in [6.07, 6.45) is 3.25. The number of likely N-dealkylation sites (tertiary alicyclic amines) is 1. The molecule has 3 nitrogen and oxygen atoms in total. The molecule has 2 heterocycles. The molecule has 2 aliphatic heterocycles. The van der Waals surface area contributed by atoms with Gasteiger partial charge in [-0.25, -0.2) is 0 Å². The van der Waals surface area contributed by atoms with E-state index in [1.165, 1.54) is 12.8 Å². The minimum absolute atomic E-state index is 0.124. The second-order valence-electron chi connectivity index (χ2n) is 4.82. The number of piperidine rings is 1. The van der Waals surface area contributed by atoms with Crippen molar-refractivity contribution in [3.63, 3.8) is 0 Å². The van der Waals surface area contributed by atoms with E-state index in [4.69, 9.17) is 4.74 Å². The van der Waals surface area contributed by atoms with Crippen LogP contribution in [0.25, 0.3) is 0 Å². The van der Waals surface area contributed by atoms with Crippen LogP contribution in [0.1, 0.15) is 26.2 Å².